The molecule has 0 aromatic rings. The number of amides is 1. The van der Waals surface area contributed by atoms with E-state index < -0.39 is 0 Å². The van der Waals surface area contributed by atoms with E-state index in [4.69, 9.17) is 9.47 Å². The van der Waals surface area contributed by atoms with E-state index in [1.165, 1.54) is 19.3 Å². The zero-order valence-electron chi connectivity index (χ0n) is 12.0. The molecule has 0 aromatic carbocycles. The molecule has 1 saturated heterocycles. The Balaban J connectivity index is 0.00000147. The van der Waals surface area contributed by atoms with Crippen LogP contribution in [0.25, 0.3) is 0 Å². The number of hydrogen-bond acceptors (Lipinski definition) is 4. The molecule has 3 unspecified atom stereocenters. The summed E-state index contributed by atoms with van der Waals surface area (Å²) in [5, 5.41) is 6.38. The van der Waals surface area contributed by atoms with Gasteiger partial charge in [-0.05, 0) is 26.2 Å². The third-order valence-electron chi connectivity index (χ3n) is 4.97. The summed E-state index contributed by atoms with van der Waals surface area (Å²) in [5.41, 5.74) is 0.230. The Morgan fingerprint density at radius 1 is 1.50 bits per heavy atom. The van der Waals surface area contributed by atoms with Gasteiger partial charge in [-0.15, -0.1) is 12.4 Å². The van der Waals surface area contributed by atoms with Crippen LogP contribution in [0, 0.1) is 5.41 Å². The van der Waals surface area contributed by atoms with E-state index in [9.17, 15) is 4.79 Å². The monoisotopic (exact) mass is 304 g/mol. The molecular weight excluding hydrogens is 280 g/mol. The molecule has 3 rings (SSSR count). The maximum Gasteiger partial charge on any atom is 0.250 e. The predicted molar refractivity (Wildman–Crippen MR) is 78.1 cm³/mol. The lowest BCUT2D eigenvalue weighted by molar-refractivity contribution is -0.178. The first-order chi connectivity index (χ1) is 9.26. The smallest absolute Gasteiger partial charge is 0.250 e. The highest BCUT2D eigenvalue weighted by Crippen LogP contribution is 2.57. The molecule has 116 valence electrons. The largest absolute Gasteiger partial charge is 0.378 e. The fourth-order valence-corrected chi connectivity index (χ4v) is 3.64. The van der Waals surface area contributed by atoms with Crippen LogP contribution < -0.4 is 10.6 Å². The van der Waals surface area contributed by atoms with Crippen molar-refractivity contribution in [1.82, 2.24) is 10.6 Å². The Morgan fingerprint density at radius 3 is 2.85 bits per heavy atom. The van der Waals surface area contributed by atoms with Crippen molar-refractivity contribution >= 4 is 18.3 Å². The summed E-state index contributed by atoms with van der Waals surface area (Å²) >= 11 is 0. The second kappa shape index (κ2) is 6.60. The maximum atomic E-state index is 12.2. The molecule has 3 atom stereocenters. The minimum absolute atomic E-state index is 0. The van der Waals surface area contributed by atoms with E-state index in [0.717, 1.165) is 19.6 Å². The number of hydrogen-bond donors (Lipinski definition) is 2. The van der Waals surface area contributed by atoms with Gasteiger partial charge in [0.1, 0.15) is 6.10 Å². The first-order valence-corrected chi connectivity index (χ1v) is 7.50. The number of nitrogens with one attached hydrogen (secondary N) is 2. The molecule has 2 N–H and O–H groups in total. The lowest BCUT2D eigenvalue weighted by atomic mass is 9.51. The van der Waals surface area contributed by atoms with Gasteiger partial charge in [0.05, 0.1) is 12.7 Å². The van der Waals surface area contributed by atoms with E-state index in [0.29, 0.717) is 19.3 Å². The zero-order chi connectivity index (χ0) is 13.3. The van der Waals surface area contributed by atoms with Gasteiger partial charge in [0.15, 0.2) is 0 Å². The van der Waals surface area contributed by atoms with E-state index in [2.05, 4.69) is 10.6 Å². The van der Waals surface area contributed by atoms with Crippen molar-refractivity contribution in [2.45, 2.75) is 50.9 Å². The second-order valence-electron chi connectivity index (χ2n) is 5.89. The van der Waals surface area contributed by atoms with Gasteiger partial charge >= 0.3 is 0 Å². The molecule has 6 heteroatoms. The Kier molecular flexibility index (Phi) is 5.29. The van der Waals surface area contributed by atoms with Crippen LogP contribution in [0.3, 0.4) is 0 Å². The Bertz CT molecular complexity index is 343. The summed E-state index contributed by atoms with van der Waals surface area (Å²) in [5.74, 6) is 0.0402. The van der Waals surface area contributed by atoms with Gasteiger partial charge < -0.3 is 20.1 Å². The van der Waals surface area contributed by atoms with Crippen molar-refractivity contribution in [3.8, 4) is 0 Å². The molecule has 2 aliphatic carbocycles. The normalized spacial score (nSPS) is 34.5. The average molecular weight is 305 g/mol. The van der Waals surface area contributed by atoms with Crippen LogP contribution in [0.1, 0.15) is 32.6 Å². The maximum absolute atomic E-state index is 12.2. The molecule has 1 aliphatic heterocycles. The molecule has 0 aromatic heterocycles. The van der Waals surface area contributed by atoms with Gasteiger partial charge in [0.25, 0.3) is 5.91 Å². The van der Waals surface area contributed by atoms with Crippen molar-refractivity contribution in [2.24, 2.45) is 5.41 Å². The van der Waals surface area contributed by atoms with Crippen LogP contribution >= 0.6 is 12.4 Å². The molecule has 1 heterocycles. The van der Waals surface area contributed by atoms with Crippen LogP contribution in [0.2, 0.25) is 0 Å². The van der Waals surface area contributed by atoms with E-state index >= 15 is 0 Å². The second-order valence-corrected chi connectivity index (χ2v) is 5.89. The molecule has 3 fully saturated rings. The molecule has 2 saturated carbocycles. The third-order valence-corrected chi connectivity index (χ3v) is 4.97. The first-order valence-electron chi connectivity index (χ1n) is 7.50. The van der Waals surface area contributed by atoms with Crippen LogP contribution in [0.4, 0.5) is 0 Å². The van der Waals surface area contributed by atoms with Gasteiger partial charge in [0.2, 0.25) is 0 Å². The SMILES string of the molecule is CCOC1CC(NC(=O)C2CNCCO2)C12CCC2.Cl. The number of ether oxygens (including phenoxy) is 2. The summed E-state index contributed by atoms with van der Waals surface area (Å²) in [6, 6.07) is 0.288. The molecular formula is C14H25ClN2O3. The van der Waals surface area contributed by atoms with E-state index in [-0.39, 0.29) is 35.9 Å². The van der Waals surface area contributed by atoms with Crippen LogP contribution in [0.15, 0.2) is 0 Å². The quantitative estimate of drug-likeness (QED) is 0.809. The number of carbonyl (C=O) groups excluding carboxylic acids is 1. The Labute approximate surface area is 126 Å². The first kappa shape index (κ1) is 16.0. The van der Waals surface area contributed by atoms with Crippen LogP contribution in [0.5, 0.6) is 0 Å². The minimum Gasteiger partial charge on any atom is -0.378 e. The number of carbonyl (C=O) groups is 1. The molecule has 3 aliphatic rings. The molecule has 5 nitrogen and oxygen atoms in total. The fraction of sp³-hybridized carbons (Fsp3) is 0.929. The summed E-state index contributed by atoms with van der Waals surface area (Å²) < 4.78 is 11.3. The third kappa shape index (κ3) is 2.69. The number of rotatable bonds is 4. The van der Waals surface area contributed by atoms with Gasteiger partial charge in [-0.2, -0.15) is 0 Å². The minimum atomic E-state index is -0.322. The van der Waals surface area contributed by atoms with Crippen molar-refractivity contribution < 1.29 is 14.3 Å². The lowest BCUT2D eigenvalue weighted by Gasteiger charge is -2.61. The fourth-order valence-electron chi connectivity index (χ4n) is 3.64. The van der Waals surface area contributed by atoms with Gasteiger partial charge in [-0.25, -0.2) is 0 Å². The molecule has 0 bridgehead atoms. The molecule has 0 radical (unpaired) electrons. The summed E-state index contributed by atoms with van der Waals surface area (Å²) in [7, 11) is 0. The van der Waals surface area contributed by atoms with Gasteiger partial charge in [0, 0.05) is 31.2 Å². The molecule has 1 spiro atoms. The van der Waals surface area contributed by atoms with E-state index in [1.54, 1.807) is 0 Å². The summed E-state index contributed by atoms with van der Waals surface area (Å²) in [6.45, 7) is 4.89. The molecule has 20 heavy (non-hydrogen) atoms. The van der Waals surface area contributed by atoms with E-state index in [1.807, 2.05) is 6.92 Å². The standard InChI is InChI=1S/C14H24N2O3.ClH/c1-2-18-12-8-11(14(12)4-3-5-14)16-13(17)10-9-15-6-7-19-10;/h10-12,15H,2-9H2,1H3,(H,16,17);1H. The number of halogens is 1. The van der Waals surface area contributed by atoms with Crippen molar-refractivity contribution in [1.29, 1.82) is 0 Å². The zero-order valence-corrected chi connectivity index (χ0v) is 12.8. The lowest BCUT2D eigenvalue weighted by Crippen LogP contribution is -2.68. The topological polar surface area (TPSA) is 59.6 Å². The highest BCUT2D eigenvalue weighted by atomic mass is 35.5. The molecule has 1 amide bonds. The predicted octanol–water partition coefficient (Wildman–Crippen LogP) is 0.860. The average Bonchev–Trinajstić information content (AvgIpc) is 2.36. The van der Waals surface area contributed by atoms with Gasteiger partial charge in [-0.1, -0.05) is 6.42 Å². The number of morpholine rings is 1. The Hall–Kier alpha value is -0.360. The van der Waals surface area contributed by atoms with Crippen molar-refractivity contribution in [3.63, 3.8) is 0 Å². The Morgan fingerprint density at radius 2 is 2.30 bits per heavy atom. The van der Waals surface area contributed by atoms with Crippen molar-refractivity contribution in [3.05, 3.63) is 0 Å². The highest BCUT2D eigenvalue weighted by Gasteiger charge is 2.59. The summed E-state index contributed by atoms with van der Waals surface area (Å²) in [6.07, 6.45) is 4.62. The summed E-state index contributed by atoms with van der Waals surface area (Å²) in [4.78, 5) is 12.2. The van der Waals surface area contributed by atoms with Crippen molar-refractivity contribution in [2.75, 3.05) is 26.3 Å². The van der Waals surface area contributed by atoms with Crippen LogP contribution in [-0.4, -0.2) is 50.5 Å². The van der Waals surface area contributed by atoms with Gasteiger partial charge in [-0.3, -0.25) is 4.79 Å². The van der Waals surface area contributed by atoms with Crippen LogP contribution in [-0.2, 0) is 14.3 Å². The highest BCUT2D eigenvalue weighted by molar-refractivity contribution is 5.85.